The summed E-state index contributed by atoms with van der Waals surface area (Å²) in [5, 5.41) is 0. The third-order valence-electron chi connectivity index (χ3n) is 5.42. The summed E-state index contributed by atoms with van der Waals surface area (Å²) >= 11 is 0. The molecule has 1 rings (SSSR count). The molecule has 1 fully saturated rings. The first-order chi connectivity index (χ1) is 15.9. The summed E-state index contributed by atoms with van der Waals surface area (Å²) in [5.74, 6) is -0.102. The highest BCUT2D eigenvalue weighted by molar-refractivity contribution is 5.77. The number of carbonyl (C=O) groups is 3. The Kier molecular flexibility index (Phi) is 15.0. The number of amides is 3. The summed E-state index contributed by atoms with van der Waals surface area (Å²) in [6.45, 7) is 13.9. The van der Waals surface area contributed by atoms with Crippen molar-refractivity contribution < 1.29 is 28.6 Å². The molecule has 0 radical (unpaired) electrons. The second kappa shape index (κ2) is 16.8. The fraction of sp³-hybridized carbons (Fsp3) is 0.875. The van der Waals surface area contributed by atoms with E-state index >= 15 is 0 Å². The van der Waals surface area contributed by atoms with E-state index in [0.717, 1.165) is 51.9 Å². The molecular weight excluding hydrogens is 426 g/mol. The van der Waals surface area contributed by atoms with Crippen molar-refractivity contribution in [2.24, 2.45) is 0 Å². The van der Waals surface area contributed by atoms with Gasteiger partial charge in [0.15, 0.2) is 0 Å². The van der Waals surface area contributed by atoms with E-state index in [9.17, 15) is 14.4 Å². The molecule has 0 bridgehead atoms. The van der Waals surface area contributed by atoms with E-state index in [2.05, 4.69) is 0 Å². The monoisotopic (exact) mass is 471 g/mol. The first-order valence-electron chi connectivity index (χ1n) is 12.5. The first-order valence-corrected chi connectivity index (χ1v) is 12.5. The van der Waals surface area contributed by atoms with Crippen LogP contribution < -0.4 is 0 Å². The molecule has 2 atom stereocenters. The maximum atomic E-state index is 12.4. The average molecular weight is 472 g/mol. The molecule has 0 aromatic heterocycles. The molecule has 1 saturated heterocycles. The summed E-state index contributed by atoms with van der Waals surface area (Å²) in [6.07, 6.45) is 2.94. The Bertz CT molecular complexity index is 535. The predicted octanol–water partition coefficient (Wildman–Crippen LogP) is 1.93. The highest BCUT2D eigenvalue weighted by Gasteiger charge is 2.30. The topological polar surface area (TPSA) is 88.6 Å². The average Bonchev–Trinajstić information content (AvgIpc) is 2.78. The quantitative estimate of drug-likeness (QED) is 0.342. The van der Waals surface area contributed by atoms with Gasteiger partial charge in [0.1, 0.15) is 13.2 Å². The fourth-order valence-electron chi connectivity index (χ4n) is 3.91. The molecule has 0 N–H and O–H groups in total. The molecule has 33 heavy (non-hydrogen) atoms. The van der Waals surface area contributed by atoms with Gasteiger partial charge in [0.05, 0.1) is 25.4 Å². The molecule has 0 spiro atoms. The van der Waals surface area contributed by atoms with Gasteiger partial charge in [-0.2, -0.15) is 0 Å². The molecular formula is C24H45N3O6. The van der Waals surface area contributed by atoms with Crippen molar-refractivity contribution >= 4 is 17.7 Å². The number of morpholine rings is 1. The number of nitrogens with zero attached hydrogens (tertiary/aromatic N) is 3. The first kappa shape index (κ1) is 29.3. The molecule has 2 unspecified atom stereocenters. The molecule has 3 amide bonds. The van der Waals surface area contributed by atoms with Gasteiger partial charge in [-0.1, -0.05) is 27.7 Å². The summed E-state index contributed by atoms with van der Waals surface area (Å²) in [7, 11) is 0. The van der Waals surface area contributed by atoms with E-state index in [-0.39, 0.29) is 56.4 Å². The number of carbonyl (C=O) groups excluding carboxylic acids is 3. The van der Waals surface area contributed by atoms with Crippen LogP contribution in [-0.4, -0.2) is 110 Å². The van der Waals surface area contributed by atoms with Crippen LogP contribution in [0.1, 0.15) is 60.3 Å². The van der Waals surface area contributed by atoms with Crippen molar-refractivity contribution in [3.63, 3.8) is 0 Å². The molecule has 0 aromatic rings. The second-order valence-corrected chi connectivity index (χ2v) is 8.60. The standard InChI is InChI=1S/C24H45N3O6/c1-6-10-25(11-7-2)23(29)18-31-16-21-14-27(20(5)28)15-22(33-21)17-32-19-24(30)26(12-8-3)13-9-4/h21-22H,6-19H2,1-5H3. The van der Waals surface area contributed by atoms with Crippen LogP contribution >= 0.6 is 0 Å². The van der Waals surface area contributed by atoms with E-state index in [1.807, 2.05) is 37.5 Å². The van der Waals surface area contributed by atoms with Gasteiger partial charge in [-0.3, -0.25) is 14.4 Å². The van der Waals surface area contributed by atoms with Crippen LogP contribution in [0.2, 0.25) is 0 Å². The van der Waals surface area contributed by atoms with Crippen molar-refractivity contribution in [2.45, 2.75) is 72.5 Å². The van der Waals surface area contributed by atoms with E-state index in [0.29, 0.717) is 13.1 Å². The van der Waals surface area contributed by atoms with Gasteiger partial charge in [-0.25, -0.2) is 0 Å². The lowest BCUT2D eigenvalue weighted by Gasteiger charge is -2.37. The summed E-state index contributed by atoms with van der Waals surface area (Å²) in [4.78, 5) is 42.1. The van der Waals surface area contributed by atoms with Crippen molar-refractivity contribution in [1.82, 2.24) is 14.7 Å². The minimum absolute atomic E-state index is 0.000289. The Hall–Kier alpha value is -1.71. The predicted molar refractivity (Wildman–Crippen MR) is 127 cm³/mol. The van der Waals surface area contributed by atoms with Crippen LogP contribution in [0.15, 0.2) is 0 Å². The van der Waals surface area contributed by atoms with Gasteiger partial charge >= 0.3 is 0 Å². The summed E-state index contributed by atoms with van der Waals surface area (Å²) < 4.78 is 17.4. The molecule has 0 aromatic carbocycles. The van der Waals surface area contributed by atoms with Gasteiger partial charge in [-0.15, -0.1) is 0 Å². The molecule has 1 aliphatic heterocycles. The summed E-state index contributed by atoms with van der Waals surface area (Å²) in [5.41, 5.74) is 0. The van der Waals surface area contributed by atoms with Crippen LogP contribution in [0.25, 0.3) is 0 Å². The molecule has 9 heteroatoms. The van der Waals surface area contributed by atoms with E-state index < -0.39 is 0 Å². The van der Waals surface area contributed by atoms with Crippen molar-refractivity contribution in [1.29, 1.82) is 0 Å². The number of ether oxygens (including phenoxy) is 3. The van der Waals surface area contributed by atoms with Crippen molar-refractivity contribution in [3.8, 4) is 0 Å². The maximum Gasteiger partial charge on any atom is 0.248 e. The van der Waals surface area contributed by atoms with E-state index in [1.165, 1.54) is 6.92 Å². The Morgan fingerprint density at radius 1 is 0.758 bits per heavy atom. The lowest BCUT2D eigenvalue weighted by Crippen LogP contribution is -2.52. The highest BCUT2D eigenvalue weighted by atomic mass is 16.6. The molecule has 192 valence electrons. The smallest absolute Gasteiger partial charge is 0.248 e. The van der Waals surface area contributed by atoms with Crippen LogP contribution in [0, 0.1) is 0 Å². The van der Waals surface area contributed by atoms with Crippen molar-refractivity contribution in [3.05, 3.63) is 0 Å². The molecule has 1 aliphatic rings. The lowest BCUT2D eigenvalue weighted by molar-refractivity contribution is -0.161. The van der Waals surface area contributed by atoms with Crippen molar-refractivity contribution in [2.75, 3.05) is 65.7 Å². The van der Waals surface area contributed by atoms with Gasteiger partial charge < -0.3 is 28.9 Å². The minimum atomic E-state index is -0.345. The third-order valence-corrected chi connectivity index (χ3v) is 5.42. The van der Waals surface area contributed by atoms with Gasteiger partial charge in [0.25, 0.3) is 0 Å². The van der Waals surface area contributed by atoms with Gasteiger partial charge in [0, 0.05) is 46.2 Å². The zero-order valence-electron chi connectivity index (χ0n) is 21.3. The highest BCUT2D eigenvalue weighted by Crippen LogP contribution is 2.13. The SMILES string of the molecule is CCCN(CCC)C(=O)COCC1CN(C(C)=O)CC(COCC(=O)N(CCC)CCC)O1. The van der Waals surface area contributed by atoms with Crippen LogP contribution in [0.4, 0.5) is 0 Å². The molecule has 0 aliphatic carbocycles. The van der Waals surface area contributed by atoms with Crippen LogP contribution in [0.3, 0.4) is 0 Å². The molecule has 9 nitrogen and oxygen atoms in total. The maximum absolute atomic E-state index is 12.4. The van der Waals surface area contributed by atoms with Gasteiger partial charge in [0.2, 0.25) is 17.7 Å². The zero-order chi connectivity index (χ0) is 24.6. The lowest BCUT2D eigenvalue weighted by atomic mass is 10.2. The second-order valence-electron chi connectivity index (χ2n) is 8.60. The zero-order valence-corrected chi connectivity index (χ0v) is 21.3. The van der Waals surface area contributed by atoms with Gasteiger partial charge in [-0.05, 0) is 25.7 Å². The normalized spacial score (nSPS) is 18.3. The van der Waals surface area contributed by atoms with E-state index in [4.69, 9.17) is 14.2 Å². The Morgan fingerprint density at radius 3 is 1.42 bits per heavy atom. The third kappa shape index (κ3) is 11.3. The fourth-order valence-corrected chi connectivity index (χ4v) is 3.91. The minimum Gasteiger partial charge on any atom is -0.369 e. The number of rotatable bonds is 16. The molecule has 1 heterocycles. The summed E-state index contributed by atoms with van der Waals surface area (Å²) in [6, 6.07) is 0. The largest absolute Gasteiger partial charge is 0.369 e. The van der Waals surface area contributed by atoms with Crippen LogP contribution in [-0.2, 0) is 28.6 Å². The number of hydrogen-bond donors (Lipinski definition) is 0. The number of hydrogen-bond acceptors (Lipinski definition) is 6. The van der Waals surface area contributed by atoms with Crippen LogP contribution in [0.5, 0.6) is 0 Å². The molecule has 0 saturated carbocycles. The Morgan fingerprint density at radius 2 is 1.12 bits per heavy atom. The Balaban J connectivity index is 2.52. The van der Waals surface area contributed by atoms with E-state index in [1.54, 1.807) is 4.90 Å². The Labute approximate surface area is 199 Å².